The summed E-state index contributed by atoms with van der Waals surface area (Å²) in [4.78, 5) is 15.9. The number of nitrogens with one attached hydrogen (secondary N) is 1. The third-order valence-corrected chi connectivity index (χ3v) is 7.95. The number of nitrogens with zero attached hydrogens (tertiary/aromatic N) is 1. The Hall–Kier alpha value is -3.29. The fourth-order valence-electron chi connectivity index (χ4n) is 4.03. The first-order chi connectivity index (χ1) is 16.4. The molecule has 0 spiro atoms. The maximum absolute atomic E-state index is 13.7. The molecule has 1 aromatic heterocycles. The summed E-state index contributed by atoms with van der Waals surface area (Å²) in [7, 11) is -3.96. The predicted molar refractivity (Wildman–Crippen MR) is 137 cm³/mol. The van der Waals surface area contributed by atoms with Crippen molar-refractivity contribution in [3.8, 4) is 0 Å². The maximum Gasteiger partial charge on any atom is 0.252 e. The quantitative estimate of drug-likeness (QED) is 0.377. The molecule has 0 aliphatic carbocycles. The lowest BCUT2D eigenvalue weighted by atomic mass is 9.87. The van der Waals surface area contributed by atoms with Crippen molar-refractivity contribution in [2.75, 3.05) is 0 Å². The van der Waals surface area contributed by atoms with Crippen LogP contribution in [0.15, 0.2) is 82.5 Å². The summed E-state index contributed by atoms with van der Waals surface area (Å²) >= 11 is 0. The minimum atomic E-state index is -3.96. The van der Waals surface area contributed by atoms with Gasteiger partial charge in [0.1, 0.15) is 5.82 Å². The zero-order valence-corrected chi connectivity index (χ0v) is 21.1. The summed E-state index contributed by atoms with van der Waals surface area (Å²) < 4.78 is 42.2. The van der Waals surface area contributed by atoms with Gasteiger partial charge >= 0.3 is 0 Å². The second-order valence-corrected chi connectivity index (χ2v) is 11.8. The molecule has 4 aromatic rings. The molecule has 35 heavy (non-hydrogen) atoms. The van der Waals surface area contributed by atoms with Gasteiger partial charge in [0.2, 0.25) is 10.0 Å². The highest BCUT2D eigenvalue weighted by molar-refractivity contribution is 7.89. The molecule has 0 unspecified atom stereocenters. The molecule has 1 heterocycles. The SMILES string of the molecule is Cc1cccc2cc(CN(Cc3ccc(F)cc3)S(=O)(=O)c3ccc(C(C)(C)C)cc3)c(=O)[nH]c12. The molecule has 3 aromatic carbocycles. The molecule has 182 valence electrons. The monoisotopic (exact) mass is 492 g/mol. The molecule has 0 bridgehead atoms. The van der Waals surface area contributed by atoms with Crippen LogP contribution in [-0.2, 0) is 28.5 Å². The molecule has 0 aliphatic rings. The first kappa shape index (κ1) is 24.8. The van der Waals surface area contributed by atoms with Crippen LogP contribution < -0.4 is 5.56 Å². The molecule has 4 rings (SSSR count). The van der Waals surface area contributed by atoms with Crippen LogP contribution in [0.3, 0.4) is 0 Å². The normalized spacial score (nSPS) is 12.4. The average Bonchev–Trinajstić information content (AvgIpc) is 2.80. The number of sulfonamides is 1. The van der Waals surface area contributed by atoms with Gasteiger partial charge in [-0.05, 0) is 64.7 Å². The highest BCUT2D eigenvalue weighted by Crippen LogP contribution is 2.26. The Bertz CT molecular complexity index is 1520. The van der Waals surface area contributed by atoms with Gasteiger partial charge in [-0.1, -0.05) is 63.2 Å². The van der Waals surface area contributed by atoms with Gasteiger partial charge < -0.3 is 4.98 Å². The molecule has 0 atom stereocenters. The molecule has 0 radical (unpaired) electrons. The first-order valence-electron chi connectivity index (χ1n) is 11.4. The van der Waals surface area contributed by atoms with Gasteiger partial charge in [0.15, 0.2) is 0 Å². The van der Waals surface area contributed by atoms with E-state index in [1.165, 1.54) is 16.4 Å². The van der Waals surface area contributed by atoms with Crippen molar-refractivity contribution in [2.24, 2.45) is 0 Å². The van der Waals surface area contributed by atoms with Gasteiger partial charge in [0.05, 0.1) is 10.4 Å². The van der Waals surface area contributed by atoms with E-state index in [9.17, 15) is 17.6 Å². The molecular formula is C28H29FN2O3S. The number of rotatable bonds is 6. The number of H-pyrrole nitrogens is 1. The van der Waals surface area contributed by atoms with Gasteiger partial charge in [-0.2, -0.15) is 4.31 Å². The van der Waals surface area contributed by atoms with E-state index in [1.54, 1.807) is 30.3 Å². The molecule has 0 amide bonds. The standard InChI is InChI=1S/C28H29FN2O3S/c1-19-6-5-7-21-16-22(27(32)30-26(19)21)18-31(17-20-8-12-24(29)13-9-20)35(33,34)25-14-10-23(11-15-25)28(2,3)4/h5-16H,17-18H2,1-4H3,(H,30,32). The number of aromatic nitrogens is 1. The van der Waals surface area contributed by atoms with Gasteiger partial charge in [-0.3, -0.25) is 4.79 Å². The van der Waals surface area contributed by atoms with Crippen LogP contribution in [0.2, 0.25) is 0 Å². The summed E-state index contributed by atoms with van der Waals surface area (Å²) in [5.41, 5.74) is 3.17. The predicted octanol–water partition coefficient (Wildman–Crippen LogP) is 5.66. The van der Waals surface area contributed by atoms with Crippen LogP contribution in [0.1, 0.15) is 43.0 Å². The maximum atomic E-state index is 13.7. The van der Waals surface area contributed by atoms with Crippen molar-refractivity contribution in [3.63, 3.8) is 0 Å². The van der Waals surface area contributed by atoms with Crippen LogP contribution in [0.5, 0.6) is 0 Å². The molecular weight excluding hydrogens is 463 g/mol. The topological polar surface area (TPSA) is 70.2 Å². The van der Waals surface area contributed by atoms with Crippen molar-refractivity contribution in [2.45, 2.75) is 51.1 Å². The largest absolute Gasteiger partial charge is 0.321 e. The summed E-state index contributed by atoms with van der Waals surface area (Å²) in [5.74, 6) is -0.401. The smallest absolute Gasteiger partial charge is 0.252 e. The van der Waals surface area contributed by atoms with Gasteiger partial charge in [0, 0.05) is 18.7 Å². The van der Waals surface area contributed by atoms with E-state index in [0.717, 1.165) is 22.0 Å². The van der Waals surface area contributed by atoms with Gasteiger partial charge in [-0.15, -0.1) is 0 Å². The Morgan fingerprint density at radius 2 is 1.57 bits per heavy atom. The molecule has 0 saturated carbocycles. The zero-order chi connectivity index (χ0) is 25.4. The lowest BCUT2D eigenvalue weighted by molar-refractivity contribution is 0.399. The highest BCUT2D eigenvalue weighted by atomic mass is 32.2. The van der Waals surface area contributed by atoms with E-state index in [4.69, 9.17) is 0 Å². The minimum absolute atomic E-state index is 0.00503. The van der Waals surface area contributed by atoms with Crippen molar-refractivity contribution >= 4 is 20.9 Å². The third kappa shape index (κ3) is 5.36. The van der Waals surface area contributed by atoms with E-state index < -0.39 is 15.8 Å². The summed E-state index contributed by atoms with van der Waals surface area (Å²) in [6.07, 6.45) is 0. The lowest BCUT2D eigenvalue weighted by Crippen LogP contribution is -2.32. The minimum Gasteiger partial charge on any atom is -0.321 e. The Labute approximate surface area is 205 Å². The number of aromatic amines is 1. The van der Waals surface area contributed by atoms with Crippen molar-refractivity contribution in [3.05, 3.63) is 111 Å². The summed E-state index contributed by atoms with van der Waals surface area (Å²) in [6, 6.07) is 19.9. The lowest BCUT2D eigenvalue weighted by Gasteiger charge is -2.24. The van der Waals surface area contributed by atoms with Crippen LogP contribution in [0.4, 0.5) is 4.39 Å². The van der Waals surface area contributed by atoms with Crippen LogP contribution in [-0.4, -0.2) is 17.7 Å². The van der Waals surface area contributed by atoms with Crippen molar-refractivity contribution in [1.29, 1.82) is 0 Å². The fourth-order valence-corrected chi connectivity index (χ4v) is 5.44. The van der Waals surface area contributed by atoms with E-state index >= 15 is 0 Å². The molecule has 5 nitrogen and oxygen atoms in total. The summed E-state index contributed by atoms with van der Waals surface area (Å²) in [5, 5.41) is 0.827. The van der Waals surface area contributed by atoms with Crippen LogP contribution >= 0.6 is 0 Å². The van der Waals surface area contributed by atoms with Gasteiger partial charge in [0.25, 0.3) is 5.56 Å². The number of hydrogen-bond acceptors (Lipinski definition) is 3. The van der Waals surface area contributed by atoms with Crippen LogP contribution in [0, 0.1) is 12.7 Å². The fraction of sp³-hybridized carbons (Fsp3) is 0.250. The number of para-hydroxylation sites is 1. The Morgan fingerprint density at radius 3 is 2.20 bits per heavy atom. The van der Waals surface area contributed by atoms with Crippen LogP contribution in [0.25, 0.3) is 10.9 Å². The van der Waals surface area contributed by atoms with Gasteiger partial charge in [-0.25, -0.2) is 12.8 Å². The molecule has 0 saturated heterocycles. The molecule has 0 fully saturated rings. The average molecular weight is 493 g/mol. The van der Waals surface area contributed by atoms with E-state index in [1.807, 2.05) is 37.3 Å². The second kappa shape index (κ2) is 9.40. The van der Waals surface area contributed by atoms with Crippen molar-refractivity contribution < 1.29 is 12.8 Å². The molecule has 1 N–H and O–H groups in total. The number of halogens is 1. The Morgan fingerprint density at radius 1 is 0.914 bits per heavy atom. The highest BCUT2D eigenvalue weighted by Gasteiger charge is 2.27. The molecule has 0 aliphatic heterocycles. The third-order valence-electron chi connectivity index (χ3n) is 6.14. The Balaban J connectivity index is 1.76. The Kier molecular flexibility index (Phi) is 6.66. The van der Waals surface area contributed by atoms with E-state index in [0.29, 0.717) is 11.1 Å². The van der Waals surface area contributed by atoms with Crippen molar-refractivity contribution in [1.82, 2.24) is 9.29 Å². The van der Waals surface area contributed by atoms with E-state index in [2.05, 4.69) is 25.8 Å². The summed E-state index contributed by atoms with van der Waals surface area (Å²) in [6.45, 7) is 7.96. The second-order valence-electron chi connectivity index (χ2n) is 9.84. The number of aryl methyl sites for hydroxylation is 1. The number of pyridine rings is 1. The zero-order valence-electron chi connectivity index (χ0n) is 20.3. The first-order valence-corrected chi connectivity index (χ1v) is 12.9. The molecule has 7 heteroatoms. The van der Waals surface area contributed by atoms with E-state index in [-0.39, 0.29) is 29.0 Å². The number of fused-ring (bicyclic) bond motifs is 1. The number of hydrogen-bond donors (Lipinski definition) is 1. The number of benzene rings is 3.